The number of terminal acetylenes is 1. The predicted octanol–water partition coefficient (Wildman–Crippen LogP) is 6.38. The molecule has 1 aliphatic rings. The second kappa shape index (κ2) is 15.6. The highest BCUT2D eigenvalue weighted by Gasteiger charge is 2.40. The molecule has 0 saturated carbocycles. The number of hydrogen-bond donors (Lipinski definition) is 0. The second-order valence-electron chi connectivity index (χ2n) is 10.1. The fourth-order valence-electron chi connectivity index (χ4n) is 5.14. The summed E-state index contributed by atoms with van der Waals surface area (Å²) in [5, 5.41) is 10.2. The van der Waals surface area contributed by atoms with Gasteiger partial charge < -0.3 is 9.47 Å². The average Bonchev–Trinajstić information content (AvgIpc) is 2.98. The van der Waals surface area contributed by atoms with Gasteiger partial charge in [0.25, 0.3) is 0 Å². The number of carbonyl (C=O) groups is 2. The Morgan fingerprint density at radius 2 is 1.82 bits per heavy atom. The lowest BCUT2D eigenvalue weighted by atomic mass is 9.71. The van der Waals surface area contributed by atoms with E-state index in [2.05, 4.69) is 42.7 Å². The summed E-state index contributed by atoms with van der Waals surface area (Å²) in [5.74, 6) is 0.166. The van der Waals surface area contributed by atoms with E-state index in [1.54, 1.807) is 6.20 Å². The van der Waals surface area contributed by atoms with E-state index in [1.165, 1.54) is 6.33 Å². The fourth-order valence-corrected chi connectivity index (χ4v) is 5.14. The van der Waals surface area contributed by atoms with Crippen LogP contribution in [0.1, 0.15) is 100 Å². The Morgan fingerprint density at radius 3 is 2.52 bits per heavy atom. The van der Waals surface area contributed by atoms with Crippen molar-refractivity contribution in [2.75, 3.05) is 13.2 Å². The molecule has 0 aliphatic heterocycles. The first-order valence-electron chi connectivity index (χ1n) is 14.4. The number of esters is 2. The van der Waals surface area contributed by atoms with Crippen LogP contribution < -0.4 is 0 Å². The van der Waals surface area contributed by atoms with Gasteiger partial charge in [0.2, 0.25) is 0 Å². The smallest absolute Gasteiger partial charge is 0.349 e. The lowest BCUT2D eigenvalue weighted by molar-refractivity contribution is -0.147. The first-order chi connectivity index (χ1) is 19.5. The monoisotopic (exact) mass is 541 g/mol. The minimum Gasteiger partial charge on any atom is -0.465 e. The summed E-state index contributed by atoms with van der Waals surface area (Å²) in [5.41, 5.74) is 2.51. The number of unbranched alkanes of at least 4 members (excludes halogenated alkanes) is 4. The van der Waals surface area contributed by atoms with Gasteiger partial charge in [0.05, 0.1) is 18.9 Å². The predicted molar refractivity (Wildman–Crippen MR) is 154 cm³/mol. The maximum Gasteiger partial charge on any atom is 0.349 e. The van der Waals surface area contributed by atoms with Crippen LogP contribution in [0.4, 0.5) is 0 Å². The lowest BCUT2D eigenvalue weighted by Gasteiger charge is -2.31. The van der Waals surface area contributed by atoms with Crippen molar-refractivity contribution < 1.29 is 19.1 Å². The summed E-state index contributed by atoms with van der Waals surface area (Å²) in [7, 11) is 0. The normalized spacial score (nSPS) is 16.4. The Hall–Kier alpha value is -3.97. The third kappa shape index (κ3) is 7.16. The molecule has 7 nitrogen and oxygen atoms in total. The van der Waals surface area contributed by atoms with Crippen molar-refractivity contribution in [3.63, 3.8) is 0 Å². The molecular weight excluding hydrogens is 502 g/mol. The highest BCUT2D eigenvalue weighted by Crippen LogP contribution is 2.46. The first kappa shape index (κ1) is 30.6. The van der Waals surface area contributed by atoms with E-state index in [9.17, 15) is 14.9 Å². The Balaban J connectivity index is 2.01. The van der Waals surface area contributed by atoms with Gasteiger partial charge in [-0.05, 0) is 29.9 Å². The van der Waals surface area contributed by atoms with Crippen molar-refractivity contribution in [3.05, 3.63) is 64.7 Å². The zero-order chi connectivity index (χ0) is 28.9. The summed E-state index contributed by atoms with van der Waals surface area (Å²) in [6, 6.07) is 9.40. The van der Waals surface area contributed by atoms with Crippen LogP contribution in [0.3, 0.4) is 0 Å². The third-order valence-corrected chi connectivity index (χ3v) is 7.45. The fraction of sp³-hybridized carbons (Fsp3) is 0.485. The van der Waals surface area contributed by atoms with E-state index < -0.39 is 23.8 Å². The van der Waals surface area contributed by atoms with E-state index in [-0.39, 0.29) is 18.1 Å². The van der Waals surface area contributed by atoms with Gasteiger partial charge in [0.15, 0.2) is 0 Å². The molecule has 2 aromatic rings. The number of benzene rings is 1. The van der Waals surface area contributed by atoms with E-state index in [0.29, 0.717) is 34.6 Å². The van der Waals surface area contributed by atoms with E-state index in [4.69, 9.17) is 15.9 Å². The third-order valence-electron chi connectivity index (χ3n) is 7.45. The van der Waals surface area contributed by atoms with E-state index >= 15 is 0 Å². The maximum atomic E-state index is 13.3. The molecule has 0 radical (unpaired) electrons. The largest absolute Gasteiger partial charge is 0.465 e. The molecule has 7 heteroatoms. The zero-order valence-corrected chi connectivity index (χ0v) is 23.8. The van der Waals surface area contributed by atoms with Crippen LogP contribution in [0.5, 0.6) is 0 Å². The van der Waals surface area contributed by atoms with E-state index in [1.807, 2.05) is 24.3 Å². The quantitative estimate of drug-likeness (QED) is 0.0899. The van der Waals surface area contributed by atoms with E-state index in [0.717, 1.165) is 51.4 Å². The van der Waals surface area contributed by atoms with Gasteiger partial charge in [0, 0.05) is 23.3 Å². The van der Waals surface area contributed by atoms with Crippen molar-refractivity contribution >= 4 is 17.5 Å². The summed E-state index contributed by atoms with van der Waals surface area (Å²) < 4.78 is 11.3. The molecule has 0 amide bonds. The molecule has 1 aliphatic carbocycles. The second-order valence-corrected chi connectivity index (χ2v) is 10.1. The molecule has 1 aromatic heterocycles. The minimum absolute atomic E-state index is 0.132. The highest BCUT2D eigenvalue weighted by molar-refractivity contribution is 6.06. The van der Waals surface area contributed by atoms with Crippen LogP contribution in [-0.2, 0) is 19.1 Å². The molecular formula is C33H39N3O4. The summed E-state index contributed by atoms with van der Waals surface area (Å²) in [6.45, 7) is 6.87. The molecule has 1 aromatic carbocycles. The Morgan fingerprint density at radius 1 is 1.05 bits per heavy atom. The maximum absolute atomic E-state index is 13.3. The average molecular weight is 542 g/mol. The van der Waals surface area contributed by atoms with Gasteiger partial charge in [-0.1, -0.05) is 89.5 Å². The van der Waals surface area contributed by atoms with Gasteiger partial charge in [-0.3, -0.25) is 4.79 Å². The topological polar surface area (TPSA) is 102 Å². The molecule has 1 heterocycles. The SMILES string of the molecule is C#CC(C(=O)OCCCCCC)C1c2ccccc2/C(=C(\C#N)C(=O)OCC(CC)CCCC)c2ncncc21. The van der Waals surface area contributed by atoms with Gasteiger partial charge in [-0.15, -0.1) is 6.42 Å². The number of nitriles is 1. The minimum atomic E-state index is -0.931. The lowest BCUT2D eigenvalue weighted by Crippen LogP contribution is -2.29. The van der Waals surface area contributed by atoms with Crippen molar-refractivity contribution in [1.82, 2.24) is 9.97 Å². The number of carbonyl (C=O) groups excluding carboxylic acids is 2. The number of nitrogens with zero attached hydrogens (tertiary/aromatic N) is 3. The molecule has 3 atom stereocenters. The Bertz CT molecular complexity index is 1240. The molecule has 210 valence electrons. The molecule has 0 fully saturated rings. The molecule has 0 bridgehead atoms. The number of ether oxygens (including phenoxy) is 2. The number of fused-ring (bicyclic) bond motifs is 2. The van der Waals surface area contributed by atoms with Gasteiger partial charge >= 0.3 is 11.9 Å². The number of aromatic nitrogens is 2. The van der Waals surface area contributed by atoms with Gasteiger partial charge in [0.1, 0.15) is 23.9 Å². The van der Waals surface area contributed by atoms with Gasteiger partial charge in [-0.2, -0.15) is 5.26 Å². The van der Waals surface area contributed by atoms with Crippen LogP contribution in [0.15, 0.2) is 42.4 Å². The molecule has 3 unspecified atom stereocenters. The van der Waals surface area contributed by atoms with Crippen molar-refractivity contribution in [3.8, 4) is 18.4 Å². The van der Waals surface area contributed by atoms with Crippen LogP contribution in [0.2, 0.25) is 0 Å². The van der Waals surface area contributed by atoms with Crippen molar-refractivity contribution in [1.29, 1.82) is 5.26 Å². The van der Waals surface area contributed by atoms with Crippen LogP contribution in [0.25, 0.3) is 5.57 Å². The number of hydrogen-bond acceptors (Lipinski definition) is 7. The summed E-state index contributed by atoms with van der Waals surface area (Å²) in [4.78, 5) is 35.2. The Labute approximate surface area is 238 Å². The molecule has 40 heavy (non-hydrogen) atoms. The van der Waals surface area contributed by atoms with Crippen LogP contribution in [-0.4, -0.2) is 35.1 Å². The summed E-state index contributed by atoms with van der Waals surface area (Å²) >= 11 is 0. The number of rotatable bonds is 14. The molecule has 0 N–H and O–H groups in total. The summed E-state index contributed by atoms with van der Waals surface area (Å²) in [6.07, 6.45) is 16.8. The molecule has 3 rings (SSSR count). The van der Waals surface area contributed by atoms with Crippen LogP contribution >= 0.6 is 0 Å². The zero-order valence-electron chi connectivity index (χ0n) is 23.8. The van der Waals surface area contributed by atoms with Crippen molar-refractivity contribution in [2.45, 2.75) is 78.1 Å². The molecule has 0 saturated heterocycles. The van der Waals surface area contributed by atoms with Gasteiger partial charge in [-0.25, -0.2) is 14.8 Å². The van der Waals surface area contributed by atoms with Crippen LogP contribution in [0, 0.1) is 35.5 Å². The molecule has 0 spiro atoms. The first-order valence-corrected chi connectivity index (χ1v) is 14.4. The highest BCUT2D eigenvalue weighted by atomic mass is 16.5. The van der Waals surface area contributed by atoms with Crippen molar-refractivity contribution in [2.24, 2.45) is 11.8 Å². The standard InChI is InChI=1S/C33H39N3O4/c1-5-9-11-14-18-39-32(37)24(8-4)29-25-16-12-13-17-26(25)30(31-28(29)20-35-22-36-31)27(19-34)33(38)40-21-23(7-3)15-10-6-2/h4,12-13,16-17,20,22-24,29H,5-7,9-11,14-15,18,21H2,1-3H3/b30-27-. The Kier molecular flexibility index (Phi) is 11.9.